The van der Waals surface area contributed by atoms with Gasteiger partial charge in [-0.1, -0.05) is 30.3 Å². The summed E-state index contributed by atoms with van der Waals surface area (Å²) in [5, 5.41) is 0. The number of piperidine rings is 2. The van der Waals surface area contributed by atoms with Crippen molar-refractivity contribution in [3.8, 4) is 0 Å². The molecule has 0 unspecified atom stereocenters. The number of rotatable bonds is 5. The quantitative estimate of drug-likeness (QED) is 0.809. The SMILES string of the molecule is CC(C)N(C)C(=O)[C@@H]1CCCN(C2CCN(Cc3ccccc3)CC2)C1. The molecule has 1 aromatic rings. The Morgan fingerprint density at radius 1 is 1.12 bits per heavy atom. The van der Waals surface area contributed by atoms with Crippen molar-refractivity contribution in [3.05, 3.63) is 35.9 Å². The zero-order valence-electron chi connectivity index (χ0n) is 16.7. The Morgan fingerprint density at radius 2 is 1.81 bits per heavy atom. The lowest BCUT2D eigenvalue weighted by molar-refractivity contribution is -0.138. The Hall–Kier alpha value is -1.39. The molecule has 0 N–H and O–H groups in total. The Balaban J connectivity index is 1.49. The summed E-state index contributed by atoms with van der Waals surface area (Å²) in [6, 6.07) is 11.7. The Labute approximate surface area is 159 Å². The zero-order valence-corrected chi connectivity index (χ0v) is 16.7. The van der Waals surface area contributed by atoms with Gasteiger partial charge in [0.1, 0.15) is 0 Å². The average Bonchev–Trinajstić information content (AvgIpc) is 2.68. The van der Waals surface area contributed by atoms with Crippen LogP contribution in [0.2, 0.25) is 0 Å². The second kappa shape index (κ2) is 9.01. The number of carbonyl (C=O) groups is 1. The van der Waals surface area contributed by atoms with Gasteiger partial charge in [0.2, 0.25) is 5.91 Å². The lowest BCUT2D eigenvalue weighted by Crippen LogP contribution is -2.51. The topological polar surface area (TPSA) is 26.8 Å². The number of carbonyl (C=O) groups excluding carboxylic acids is 1. The van der Waals surface area contributed by atoms with Crippen LogP contribution in [0.25, 0.3) is 0 Å². The molecule has 2 aliphatic heterocycles. The highest BCUT2D eigenvalue weighted by Gasteiger charge is 2.33. The number of likely N-dealkylation sites (tertiary alicyclic amines) is 2. The van der Waals surface area contributed by atoms with E-state index in [1.165, 1.54) is 38.0 Å². The summed E-state index contributed by atoms with van der Waals surface area (Å²) in [5.74, 6) is 0.532. The predicted molar refractivity (Wildman–Crippen MR) is 107 cm³/mol. The van der Waals surface area contributed by atoms with E-state index in [0.717, 1.165) is 25.9 Å². The predicted octanol–water partition coefficient (Wildman–Crippen LogP) is 3.23. The summed E-state index contributed by atoms with van der Waals surface area (Å²) in [4.78, 5) is 19.8. The van der Waals surface area contributed by atoms with E-state index in [-0.39, 0.29) is 5.92 Å². The van der Waals surface area contributed by atoms with Gasteiger partial charge in [0.15, 0.2) is 0 Å². The standard InChI is InChI=1S/C22H35N3O/c1-18(2)23(3)22(26)20-10-7-13-25(17-20)21-11-14-24(15-12-21)16-19-8-5-4-6-9-19/h4-6,8-9,18,20-21H,7,10-17H2,1-3H3/t20-/m1/s1. The minimum atomic E-state index is 0.193. The first kappa shape index (κ1) is 19.4. The van der Waals surface area contributed by atoms with Gasteiger partial charge in [-0.15, -0.1) is 0 Å². The van der Waals surface area contributed by atoms with Crippen molar-refractivity contribution < 1.29 is 4.79 Å². The van der Waals surface area contributed by atoms with Crippen LogP contribution in [-0.2, 0) is 11.3 Å². The van der Waals surface area contributed by atoms with E-state index in [0.29, 0.717) is 18.0 Å². The number of hydrogen-bond acceptors (Lipinski definition) is 3. The maximum atomic E-state index is 12.7. The Morgan fingerprint density at radius 3 is 2.46 bits per heavy atom. The molecule has 3 rings (SSSR count). The first-order valence-electron chi connectivity index (χ1n) is 10.3. The smallest absolute Gasteiger partial charge is 0.226 e. The molecule has 0 spiro atoms. The largest absolute Gasteiger partial charge is 0.343 e. The molecule has 144 valence electrons. The lowest BCUT2D eigenvalue weighted by Gasteiger charge is -2.42. The van der Waals surface area contributed by atoms with Gasteiger partial charge >= 0.3 is 0 Å². The fourth-order valence-electron chi connectivity index (χ4n) is 4.37. The summed E-state index contributed by atoms with van der Waals surface area (Å²) in [7, 11) is 1.95. The van der Waals surface area contributed by atoms with E-state index in [1.54, 1.807) is 0 Å². The van der Waals surface area contributed by atoms with Gasteiger partial charge in [0.25, 0.3) is 0 Å². The van der Waals surface area contributed by atoms with Crippen molar-refractivity contribution in [2.45, 2.75) is 58.2 Å². The molecule has 0 aromatic heterocycles. The molecular weight excluding hydrogens is 322 g/mol. The molecule has 1 atom stereocenters. The van der Waals surface area contributed by atoms with Gasteiger partial charge < -0.3 is 4.90 Å². The van der Waals surface area contributed by atoms with Crippen LogP contribution >= 0.6 is 0 Å². The van der Waals surface area contributed by atoms with Gasteiger partial charge in [-0.25, -0.2) is 0 Å². The van der Waals surface area contributed by atoms with E-state index in [9.17, 15) is 4.79 Å². The normalized spacial score (nSPS) is 23.3. The van der Waals surface area contributed by atoms with E-state index < -0.39 is 0 Å². The first-order valence-corrected chi connectivity index (χ1v) is 10.3. The molecular formula is C22H35N3O. The van der Waals surface area contributed by atoms with E-state index >= 15 is 0 Å². The molecule has 1 aromatic carbocycles. The van der Waals surface area contributed by atoms with Crippen molar-refractivity contribution in [1.29, 1.82) is 0 Å². The molecule has 26 heavy (non-hydrogen) atoms. The zero-order chi connectivity index (χ0) is 18.5. The number of benzene rings is 1. The van der Waals surface area contributed by atoms with Gasteiger partial charge in [-0.05, 0) is 64.7 Å². The van der Waals surface area contributed by atoms with E-state index in [1.807, 2.05) is 11.9 Å². The van der Waals surface area contributed by atoms with Crippen molar-refractivity contribution in [3.63, 3.8) is 0 Å². The van der Waals surface area contributed by atoms with Crippen LogP contribution in [0.4, 0.5) is 0 Å². The van der Waals surface area contributed by atoms with Crippen molar-refractivity contribution in [1.82, 2.24) is 14.7 Å². The summed E-state index contributed by atoms with van der Waals surface area (Å²) in [6.07, 6.45) is 4.67. The second-order valence-electron chi connectivity index (χ2n) is 8.37. The number of nitrogens with zero attached hydrogens (tertiary/aromatic N) is 3. The summed E-state index contributed by atoms with van der Waals surface area (Å²) >= 11 is 0. The lowest BCUT2D eigenvalue weighted by atomic mass is 9.92. The molecule has 0 bridgehead atoms. The highest BCUT2D eigenvalue weighted by molar-refractivity contribution is 5.79. The summed E-state index contributed by atoms with van der Waals surface area (Å²) < 4.78 is 0. The third-order valence-corrected chi connectivity index (χ3v) is 6.25. The molecule has 2 heterocycles. The summed E-state index contributed by atoms with van der Waals surface area (Å²) in [6.45, 7) is 9.72. The second-order valence-corrected chi connectivity index (χ2v) is 8.37. The molecule has 0 aliphatic carbocycles. The molecule has 4 nitrogen and oxygen atoms in total. The molecule has 0 radical (unpaired) electrons. The minimum Gasteiger partial charge on any atom is -0.343 e. The maximum Gasteiger partial charge on any atom is 0.226 e. The Bertz CT molecular complexity index is 566. The fraction of sp³-hybridized carbons (Fsp3) is 0.682. The third kappa shape index (κ3) is 4.86. The maximum absolute atomic E-state index is 12.7. The number of hydrogen-bond donors (Lipinski definition) is 0. The van der Waals surface area contributed by atoms with Gasteiger partial charge in [-0.2, -0.15) is 0 Å². The average molecular weight is 358 g/mol. The summed E-state index contributed by atoms with van der Waals surface area (Å²) in [5.41, 5.74) is 1.41. The highest BCUT2D eigenvalue weighted by atomic mass is 16.2. The molecule has 2 fully saturated rings. The highest BCUT2D eigenvalue weighted by Crippen LogP contribution is 2.25. The van der Waals surface area contributed by atoms with Crippen LogP contribution < -0.4 is 0 Å². The Kier molecular flexibility index (Phi) is 6.71. The molecule has 0 saturated carbocycles. The van der Waals surface area contributed by atoms with Crippen molar-refractivity contribution >= 4 is 5.91 Å². The van der Waals surface area contributed by atoms with Gasteiger partial charge in [-0.3, -0.25) is 14.6 Å². The number of amides is 1. The minimum absolute atomic E-state index is 0.193. The van der Waals surface area contributed by atoms with Crippen LogP contribution in [0.3, 0.4) is 0 Å². The van der Waals surface area contributed by atoms with Crippen molar-refractivity contribution in [2.24, 2.45) is 5.92 Å². The molecule has 2 aliphatic rings. The van der Waals surface area contributed by atoms with Crippen LogP contribution in [0.5, 0.6) is 0 Å². The van der Waals surface area contributed by atoms with Crippen LogP contribution in [-0.4, -0.2) is 65.9 Å². The van der Waals surface area contributed by atoms with E-state index in [2.05, 4.69) is 54.0 Å². The first-order chi connectivity index (χ1) is 12.5. The van der Waals surface area contributed by atoms with E-state index in [4.69, 9.17) is 0 Å². The van der Waals surface area contributed by atoms with Gasteiger partial charge in [0, 0.05) is 32.2 Å². The van der Waals surface area contributed by atoms with Crippen LogP contribution in [0.15, 0.2) is 30.3 Å². The van der Waals surface area contributed by atoms with Gasteiger partial charge in [0.05, 0.1) is 5.92 Å². The van der Waals surface area contributed by atoms with Crippen molar-refractivity contribution in [2.75, 3.05) is 33.2 Å². The fourth-order valence-corrected chi connectivity index (χ4v) is 4.37. The third-order valence-electron chi connectivity index (χ3n) is 6.25. The monoisotopic (exact) mass is 357 g/mol. The molecule has 1 amide bonds. The molecule has 4 heteroatoms. The van der Waals surface area contributed by atoms with Crippen LogP contribution in [0.1, 0.15) is 45.1 Å². The van der Waals surface area contributed by atoms with Crippen LogP contribution in [0, 0.1) is 5.92 Å². The molecule has 2 saturated heterocycles.